The van der Waals surface area contributed by atoms with Crippen molar-refractivity contribution in [2.45, 2.75) is 70.7 Å². The van der Waals surface area contributed by atoms with Gasteiger partial charge in [0.2, 0.25) is 0 Å². The molecule has 10 nitrogen and oxygen atoms in total. The molecule has 0 unspecified atom stereocenters. The van der Waals surface area contributed by atoms with Gasteiger partial charge in [0.15, 0.2) is 0 Å². The fourth-order valence-electron chi connectivity index (χ4n) is 2.75. The molecule has 1 rings (SSSR count). The molecule has 0 saturated heterocycles. The summed E-state index contributed by atoms with van der Waals surface area (Å²) < 4.78 is 31.6. The SMILES string of the molecule is CC.CC(=O)CCC=O.COCCOCCOCCOCCOCCNC(=O)OC1CCC(S)CC1. The van der Waals surface area contributed by atoms with E-state index in [-0.39, 0.29) is 18.0 Å². The minimum atomic E-state index is -0.374. The zero-order chi connectivity index (χ0) is 27.3. The van der Waals surface area contributed by atoms with Crippen molar-refractivity contribution in [3.05, 3.63) is 0 Å². The summed E-state index contributed by atoms with van der Waals surface area (Å²) >= 11 is 4.43. The Hall–Kier alpha value is -1.24. The first-order chi connectivity index (χ1) is 17.5. The first kappa shape index (κ1) is 36.9. The number of ether oxygens (including phenoxy) is 6. The average molecular weight is 540 g/mol. The van der Waals surface area contributed by atoms with Crippen LogP contribution in [0.25, 0.3) is 0 Å². The van der Waals surface area contributed by atoms with Crippen molar-refractivity contribution in [1.82, 2.24) is 5.32 Å². The predicted octanol–water partition coefficient (Wildman–Crippen LogP) is 3.25. The molecule has 0 aromatic rings. The van der Waals surface area contributed by atoms with Crippen LogP contribution in [0.5, 0.6) is 0 Å². The fourth-order valence-corrected chi connectivity index (χ4v) is 3.05. The third-order valence-electron chi connectivity index (χ3n) is 4.60. The van der Waals surface area contributed by atoms with Crippen molar-refractivity contribution >= 4 is 30.8 Å². The Bertz CT molecular complexity index is 504. The number of amides is 1. The smallest absolute Gasteiger partial charge is 0.407 e. The molecule has 1 aliphatic carbocycles. The van der Waals surface area contributed by atoms with Crippen LogP contribution in [0.4, 0.5) is 4.79 Å². The third kappa shape index (κ3) is 29.0. The minimum Gasteiger partial charge on any atom is -0.446 e. The summed E-state index contributed by atoms with van der Waals surface area (Å²) in [6.07, 6.45) is 4.93. The van der Waals surface area contributed by atoms with E-state index in [1.54, 1.807) is 7.11 Å². The van der Waals surface area contributed by atoms with Crippen molar-refractivity contribution in [2.75, 3.05) is 73.1 Å². The van der Waals surface area contributed by atoms with Gasteiger partial charge < -0.3 is 43.3 Å². The van der Waals surface area contributed by atoms with Gasteiger partial charge in [0.1, 0.15) is 18.2 Å². The second-order valence-corrected chi connectivity index (χ2v) is 8.34. The van der Waals surface area contributed by atoms with Crippen molar-refractivity contribution in [1.29, 1.82) is 0 Å². The molecule has 1 saturated carbocycles. The average Bonchev–Trinajstić information content (AvgIpc) is 2.88. The van der Waals surface area contributed by atoms with Crippen LogP contribution in [0, 0.1) is 0 Å². The molecule has 0 aliphatic heterocycles. The summed E-state index contributed by atoms with van der Waals surface area (Å²) in [5.41, 5.74) is 0. The number of hydrogen-bond donors (Lipinski definition) is 2. The Labute approximate surface area is 222 Å². The monoisotopic (exact) mass is 539 g/mol. The molecular weight excluding hydrogens is 490 g/mol. The molecule has 0 aromatic carbocycles. The maximum absolute atomic E-state index is 11.7. The maximum Gasteiger partial charge on any atom is 0.407 e. The quantitative estimate of drug-likeness (QED) is 0.145. The molecule has 1 fully saturated rings. The number of alkyl carbamates (subject to hydrolysis) is 1. The maximum atomic E-state index is 11.7. The van der Waals surface area contributed by atoms with Crippen LogP contribution in [0.15, 0.2) is 0 Å². The Kier molecular flexibility index (Phi) is 30.7. The van der Waals surface area contributed by atoms with Gasteiger partial charge in [0.05, 0.1) is 59.5 Å². The fraction of sp³-hybridized carbons (Fsp3) is 0.880. The molecule has 214 valence electrons. The van der Waals surface area contributed by atoms with Crippen molar-refractivity contribution in [2.24, 2.45) is 0 Å². The molecule has 0 heterocycles. The highest BCUT2D eigenvalue weighted by Gasteiger charge is 2.21. The summed E-state index contributed by atoms with van der Waals surface area (Å²) in [7, 11) is 1.64. The van der Waals surface area contributed by atoms with Gasteiger partial charge in [-0.3, -0.25) is 0 Å². The van der Waals surface area contributed by atoms with E-state index < -0.39 is 0 Å². The van der Waals surface area contributed by atoms with E-state index in [4.69, 9.17) is 28.4 Å². The zero-order valence-electron chi connectivity index (χ0n) is 22.7. The van der Waals surface area contributed by atoms with E-state index in [0.29, 0.717) is 84.1 Å². The molecule has 0 aromatic heterocycles. The van der Waals surface area contributed by atoms with Crippen LogP contribution in [0.2, 0.25) is 0 Å². The Morgan fingerprint density at radius 3 is 1.72 bits per heavy atom. The Morgan fingerprint density at radius 1 is 0.833 bits per heavy atom. The highest BCUT2D eigenvalue weighted by molar-refractivity contribution is 7.80. The lowest BCUT2D eigenvalue weighted by molar-refractivity contribution is -0.118. The number of methoxy groups -OCH3 is 1. The molecule has 1 aliphatic rings. The highest BCUT2D eigenvalue weighted by atomic mass is 32.1. The van der Waals surface area contributed by atoms with Gasteiger partial charge in [-0.25, -0.2) is 4.79 Å². The van der Waals surface area contributed by atoms with Crippen LogP contribution in [0.3, 0.4) is 0 Å². The molecule has 36 heavy (non-hydrogen) atoms. The summed E-state index contributed by atoms with van der Waals surface area (Å²) in [4.78, 5) is 31.3. The van der Waals surface area contributed by atoms with Crippen molar-refractivity contribution in [3.63, 3.8) is 0 Å². The van der Waals surface area contributed by atoms with Crippen LogP contribution in [-0.2, 0) is 38.0 Å². The largest absolute Gasteiger partial charge is 0.446 e. The molecule has 0 atom stereocenters. The summed E-state index contributed by atoms with van der Waals surface area (Å²) in [5.74, 6) is 0.0760. The number of ketones is 1. The van der Waals surface area contributed by atoms with E-state index in [0.717, 1.165) is 32.0 Å². The van der Waals surface area contributed by atoms with E-state index in [2.05, 4.69) is 17.9 Å². The normalized spacial score (nSPS) is 16.6. The van der Waals surface area contributed by atoms with Crippen molar-refractivity contribution in [3.8, 4) is 0 Å². The topological polar surface area (TPSA) is 119 Å². The van der Waals surface area contributed by atoms with E-state index in [1.165, 1.54) is 6.92 Å². The van der Waals surface area contributed by atoms with Gasteiger partial charge in [-0.2, -0.15) is 12.6 Å². The Balaban J connectivity index is 0. The predicted molar refractivity (Wildman–Crippen MR) is 142 cm³/mol. The molecule has 0 spiro atoms. The molecule has 1 amide bonds. The molecule has 0 bridgehead atoms. The first-order valence-corrected chi connectivity index (χ1v) is 13.4. The number of thiol groups is 1. The van der Waals surface area contributed by atoms with Crippen molar-refractivity contribution < 1.29 is 42.8 Å². The zero-order valence-corrected chi connectivity index (χ0v) is 23.6. The van der Waals surface area contributed by atoms with Crippen LogP contribution in [0.1, 0.15) is 59.3 Å². The van der Waals surface area contributed by atoms with Crippen LogP contribution in [-0.4, -0.2) is 103 Å². The van der Waals surface area contributed by atoms with Gasteiger partial charge in [0.25, 0.3) is 0 Å². The number of aldehydes is 1. The number of hydrogen-bond acceptors (Lipinski definition) is 10. The number of rotatable bonds is 19. The second kappa shape index (κ2) is 30.0. The van der Waals surface area contributed by atoms with Gasteiger partial charge >= 0.3 is 6.09 Å². The second-order valence-electron chi connectivity index (χ2n) is 7.61. The summed E-state index contributed by atoms with van der Waals surface area (Å²) in [6, 6.07) is 0. The summed E-state index contributed by atoms with van der Waals surface area (Å²) in [5, 5.41) is 3.14. The lowest BCUT2D eigenvalue weighted by atomic mass is 9.97. The highest BCUT2D eigenvalue weighted by Crippen LogP contribution is 2.24. The number of carbonyl (C=O) groups is 3. The van der Waals surface area contributed by atoms with Crippen LogP contribution < -0.4 is 5.32 Å². The molecular formula is C25H49NO9S. The number of carbonyl (C=O) groups excluding carboxylic acids is 3. The number of nitrogens with one attached hydrogen (secondary N) is 1. The minimum absolute atomic E-state index is 0.0156. The van der Waals surface area contributed by atoms with E-state index in [1.807, 2.05) is 13.8 Å². The van der Waals surface area contributed by atoms with E-state index >= 15 is 0 Å². The van der Waals surface area contributed by atoms with Gasteiger partial charge in [0, 0.05) is 31.7 Å². The lowest BCUT2D eigenvalue weighted by Crippen LogP contribution is -2.33. The third-order valence-corrected chi connectivity index (χ3v) is 5.11. The first-order valence-electron chi connectivity index (χ1n) is 12.8. The van der Waals surface area contributed by atoms with Gasteiger partial charge in [-0.05, 0) is 32.6 Å². The Morgan fingerprint density at radius 2 is 1.31 bits per heavy atom. The van der Waals surface area contributed by atoms with Crippen LogP contribution >= 0.6 is 12.6 Å². The van der Waals surface area contributed by atoms with E-state index in [9.17, 15) is 14.4 Å². The molecule has 1 N–H and O–H groups in total. The summed E-state index contributed by atoms with van der Waals surface area (Å²) in [6.45, 7) is 10.6. The van der Waals surface area contributed by atoms with Gasteiger partial charge in [-0.15, -0.1) is 0 Å². The van der Waals surface area contributed by atoms with Gasteiger partial charge in [-0.1, -0.05) is 13.8 Å². The molecule has 0 radical (unpaired) electrons. The standard InChI is InChI=1S/C18H35NO7S.C5H8O2.C2H6/c1-21-8-9-23-12-13-25-15-14-24-11-10-22-7-6-19-18(20)26-16-2-4-17(27)5-3-16;1-5(7)3-2-4-6;1-2/h16-17,27H,2-15H2,1H3,(H,19,20);4H,2-3H2,1H3;1-2H3. The lowest BCUT2D eigenvalue weighted by Gasteiger charge is -2.25. The molecule has 11 heteroatoms. The number of Topliss-reactive ketones (excluding diaryl/α,β-unsaturated/α-hetero) is 1.